The molecule has 1 N–H and O–H groups in total. The first-order valence-corrected chi connectivity index (χ1v) is 8.52. The van der Waals surface area contributed by atoms with Crippen molar-refractivity contribution in [3.63, 3.8) is 0 Å². The lowest BCUT2D eigenvalue weighted by Crippen LogP contribution is -2.14. The second-order valence-electron chi connectivity index (χ2n) is 6.70. The van der Waals surface area contributed by atoms with Crippen molar-refractivity contribution >= 4 is 5.97 Å². The molecule has 0 radical (unpaired) electrons. The molecule has 1 aliphatic carbocycles. The Kier molecular flexibility index (Phi) is 6.40. The molecule has 0 amide bonds. The van der Waals surface area contributed by atoms with Crippen molar-refractivity contribution in [2.24, 2.45) is 5.92 Å². The van der Waals surface area contributed by atoms with Gasteiger partial charge in [-0.05, 0) is 64.0 Å². The van der Waals surface area contributed by atoms with Crippen molar-refractivity contribution in [3.8, 4) is 0 Å². The molecule has 0 aromatic carbocycles. The molecule has 126 valence electrons. The van der Waals surface area contributed by atoms with Gasteiger partial charge in [-0.2, -0.15) is 0 Å². The minimum absolute atomic E-state index is 0.0901. The van der Waals surface area contributed by atoms with Gasteiger partial charge in [0.05, 0.1) is 6.61 Å². The fourth-order valence-electron chi connectivity index (χ4n) is 3.22. The Hall–Kier alpha value is -1.61. The van der Waals surface area contributed by atoms with E-state index in [1.165, 1.54) is 11.1 Å². The third-order valence-electron chi connectivity index (χ3n) is 4.78. The van der Waals surface area contributed by atoms with Crippen LogP contribution in [-0.2, 0) is 9.53 Å². The molecule has 0 spiro atoms. The molecule has 0 aromatic rings. The molecule has 23 heavy (non-hydrogen) atoms. The highest BCUT2D eigenvalue weighted by atomic mass is 16.5. The van der Waals surface area contributed by atoms with Crippen LogP contribution in [-0.4, -0.2) is 23.8 Å². The summed E-state index contributed by atoms with van der Waals surface area (Å²) in [5, 5.41) is 9.44. The van der Waals surface area contributed by atoms with Crippen LogP contribution in [0.15, 0.2) is 47.1 Å². The Morgan fingerprint density at radius 1 is 1.17 bits per heavy atom. The maximum atomic E-state index is 11.8. The molecule has 2 aliphatic rings. The summed E-state index contributed by atoms with van der Waals surface area (Å²) in [5.74, 6) is -0.162. The van der Waals surface area contributed by atoms with E-state index in [0.717, 1.165) is 44.1 Å². The van der Waals surface area contributed by atoms with E-state index in [-0.39, 0.29) is 24.6 Å². The van der Waals surface area contributed by atoms with E-state index in [2.05, 4.69) is 38.7 Å². The van der Waals surface area contributed by atoms with Crippen LogP contribution in [0.3, 0.4) is 0 Å². The molecule has 0 bridgehead atoms. The van der Waals surface area contributed by atoms with Gasteiger partial charge in [0, 0.05) is 11.5 Å². The lowest BCUT2D eigenvalue weighted by Gasteiger charge is -2.16. The summed E-state index contributed by atoms with van der Waals surface area (Å²) in [7, 11) is 0. The van der Waals surface area contributed by atoms with Gasteiger partial charge >= 0.3 is 5.97 Å². The molecule has 3 heteroatoms. The van der Waals surface area contributed by atoms with E-state index in [1.807, 2.05) is 0 Å². The normalized spacial score (nSPS) is 27.3. The van der Waals surface area contributed by atoms with Crippen LogP contribution in [0.1, 0.15) is 52.4 Å². The molecule has 0 saturated carbocycles. The number of ether oxygens (including phenoxy) is 1. The van der Waals surface area contributed by atoms with E-state index in [0.29, 0.717) is 5.57 Å². The fourth-order valence-corrected chi connectivity index (χ4v) is 3.22. The first-order valence-electron chi connectivity index (χ1n) is 8.52. The van der Waals surface area contributed by atoms with E-state index in [1.54, 1.807) is 0 Å². The van der Waals surface area contributed by atoms with Gasteiger partial charge in [-0.25, -0.2) is 4.79 Å². The van der Waals surface area contributed by atoms with Crippen molar-refractivity contribution in [2.45, 2.75) is 58.5 Å². The average molecular weight is 316 g/mol. The minimum atomic E-state index is -0.252. The van der Waals surface area contributed by atoms with Gasteiger partial charge in [-0.15, -0.1) is 0 Å². The van der Waals surface area contributed by atoms with Gasteiger partial charge in [-0.1, -0.05) is 29.9 Å². The predicted octanol–water partition coefficient (Wildman–Crippen LogP) is 4.25. The molecule has 1 heterocycles. The standard InChI is InChI=1S/C20H28O3/c1-14-6-4-8-17(13-21)9-5-7-15(2)12-19-18(11-10-14)16(3)20(22)23-19/h6,9,12,18-19,21H,3-5,7-8,10-11,13H2,1-2H3. The number of aliphatic hydroxyl groups excluding tert-OH is 1. The van der Waals surface area contributed by atoms with Gasteiger partial charge in [0.2, 0.25) is 0 Å². The number of hydrogen-bond donors (Lipinski definition) is 1. The minimum Gasteiger partial charge on any atom is -0.454 e. The smallest absolute Gasteiger partial charge is 0.334 e. The van der Waals surface area contributed by atoms with E-state index in [4.69, 9.17) is 4.74 Å². The number of fused-ring (bicyclic) bond motifs is 1. The SMILES string of the molecule is C=C1C(=O)OC2C=C(C)CCC=C(CO)CCC=C(C)CCC12. The Balaban J connectivity index is 2.20. The summed E-state index contributed by atoms with van der Waals surface area (Å²) in [5.41, 5.74) is 4.27. The van der Waals surface area contributed by atoms with Crippen LogP contribution in [0, 0.1) is 5.92 Å². The van der Waals surface area contributed by atoms with Crippen molar-refractivity contribution in [1.29, 1.82) is 0 Å². The van der Waals surface area contributed by atoms with E-state index < -0.39 is 0 Å². The Labute approximate surface area is 139 Å². The largest absolute Gasteiger partial charge is 0.454 e. The highest BCUT2D eigenvalue weighted by molar-refractivity contribution is 5.91. The molecule has 0 aromatic heterocycles. The van der Waals surface area contributed by atoms with Crippen molar-refractivity contribution in [2.75, 3.05) is 6.61 Å². The quantitative estimate of drug-likeness (QED) is 0.447. The number of rotatable bonds is 1. The number of allylic oxidation sites excluding steroid dienone is 4. The predicted molar refractivity (Wildman–Crippen MR) is 92.9 cm³/mol. The summed E-state index contributed by atoms with van der Waals surface area (Å²) < 4.78 is 5.50. The Morgan fingerprint density at radius 2 is 1.91 bits per heavy atom. The lowest BCUT2D eigenvalue weighted by atomic mass is 9.89. The molecule has 2 unspecified atom stereocenters. The highest BCUT2D eigenvalue weighted by Gasteiger charge is 2.36. The Morgan fingerprint density at radius 3 is 2.65 bits per heavy atom. The van der Waals surface area contributed by atoms with Crippen LogP contribution >= 0.6 is 0 Å². The highest BCUT2D eigenvalue weighted by Crippen LogP contribution is 2.33. The third-order valence-corrected chi connectivity index (χ3v) is 4.78. The number of carbonyl (C=O) groups excluding carboxylic acids is 1. The summed E-state index contributed by atoms with van der Waals surface area (Å²) in [6.45, 7) is 8.28. The van der Waals surface area contributed by atoms with Crippen LogP contribution in [0.5, 0.6) is 0 Å². The van der Waals surface area contributed by atoms with Crippen LogP contribution < -0.4 is 0 Å². The third kappa shape index (κ3) is 4.93. The monoisotopic (exact) mass is 316 g/mol. The molecule has 2 atom stereocenters. The maximum absolute atomic E-state index is 11.8. The molecule has 1 fully saturated rings. The zero-order valence-corrected chi connectivity index (χ0v) is 14.3. The van der Waals surface area contributed by atoms with Gasteiger partial charge in [-0.3, -0.25) is 0 Å². The second kappa shape index (κ2) is 8.30. The summed E-state index contributed by atoms with van der Waals surface area (Å²) in [6, 6.07) is 0. The van der Waals surface area contributed by atoms with Gasteiger partial charge in [0.25, 0.3) is 0 Å². The van der Waals surface area contributed by atoms with Crippen molar-refractivity contribution < 1.29 is 14.6 Å². The van der Waals surface area contributed by atoms with E-state index in [9.17, 15) is 9.90 Å². The summed E-state index contributed by atoms with van der Waals surface area (Å²) in [4.78, 5) is 11.8. The number of aliphatic hydroxyl groups is 1. The lowest BCUT2D eigenvalue weighted by molar-refractivity contribution is -0.137. The summed E-state index contributed by atoms with van der Waals surface area (Å²) in [6.07, 6.45) is 11.8. The van der Waals surface area contributed by atoms with Gasteiger partial charge in [0.1, 0.15) is 6.10 Å². The van der Waals surface area contributed by atoms with Gasteiger partial charge < -0.3 is 9.84 Å². The molecular formula is C20H28O3. The maximum Gasteiger partial charge on any atom is 0.334 e. The molecule has 1 saturated heterocycles. The average Bonchev–Trinajstić information content (AvgIpc) is 2.77. The first-order chi connectivity index (χ1) is 11.0. The zero-order chi connectivity index (χ0) is 16.8. The van der Waals surface area contributed by atoms with Crippen LogP contribution in [0.25, 0.3) is 0 Å². The van der Waals surface area contributed by atoms with Crippen LogP contribution in [0.4, 0.5) is 0 Å². The van der Waals surface area contributed by atoms with Crippen molar-refractivity contribution in [3.05, 3.63) is 47.1 Å². The number of carbonyl (C=O) groups is 1. The number of hydrogen-bond acceptors (Lipinski definition) is 3. The topological polar surface area (TPSA) is 46.5 Å². The Bertz CT molecular complexity index is 551. The fraction of sp³-hybridized carbons (Fsp3) is 0.550. The first kappa shape index (κ1) is 17.7. The molecular weight excluding hydrogens is 288 g/mol. The van der Waals surface area contributed by atoms with E-state index >= 15 is 0 Å². The summed E-state index contributed by atoms with van der Waals surface area (Å²) >= 11 is 0. The molecule has 2 rings (SSSR count). The van der Waals surface area contributed by atoms with Gasteiger partial charge in [0.15, 0.2) is 0 Å². The molecule has 3 nitrogen and oxygen atoms in total. The molecule has 1 aliphatic heterocycles. The zero-order valence-electron chi connectivity index (χ0n) is 14.3. The second-order valence-corrected chi connectivity index (χ2v) is 6.70. The van der Waals surface area contributed by atoms with Crippen LogP contribution in [0.2, 0.25) is 0 Å². The number of esters is 1. The van der Waals surface area contributed by atoms with Crippen molar-refractivity contribution in [1.82, 2.24) is 0 Å².